The second-order valence-electron chi connectivity index (χ2n) is 5.58. The highest BCUT2D eigenvalue weighted by molar-refractivity contribution is 7.09. The molecule has 7 heteroatoms. The SMILES string of the molecule is Cc1ccc(NC(=O)Cc2csc(C(C)C)n2)cc1C(F)(F)F. The van der Waals surface area contributed by atoms with Crippen LogP contribution < -0.4 is 5.32 Å². The van der Waals surface area contributed by atoms with Gasteiger partial charge in [-0.25, -0.2) is 4.98 Å². The Morgan fingerprint density at radius 3 is 2.61 bits per heavy atom. The Morgan fingerprint density at radius 1 is 1.35 bits per heavy atom. The van der Waals surface area contributed by atoms with Gasteiger partial charge in [0.05, 0.1) is 22.7 Å². The highest BCUT2D eigenvalue weighted by atomic mass is 32.1. The first-order valence-corrected chi connectivity index (χ1v) is 7.96. The average Bonchev–Trinajstić information content (AvgIpc) is 2.88. The molecule has 23 heavy (non-hydrogen) atoms. The molecule has 0 bridgehead atoms. The third kappa shape index (κ3) is 4.54. The van der Waals surface area contributed by atoms with Gasteiger partial charge in [0.2, 0.25) is 5.91 Å². The Bertz CT molecular complexity index is 708. The molecule has 0 atom stereocenters. The van der Waals surface area contributed by atoms with Crippen LogP contribution in [0.5, 0.6) is 0 Å². The predicted octanol–water partition coefficient (Wildman–Crippen LogP) is 4.77. The van der Waals surface area contributed by atoms with E-state index in [0.717, 1.165) is 11.1 Å². The van der Waals surface area contributed by atoms with Gasteiger partial charge < -0.3 is 5.32 Å². The van der Waals surface area contributed by atoms with Crippen LogP contribution in [0.25, 0.3) is 0 Å². The van der Waals surface area contributed by atoms with Crippen LogP contribution >= 0.6 is 11.3 Å². The Balaban J connectivity index is 2.08. The molecule has 2 aromatic rings. The summed E-state index contributed by atoms with van der Waals surface area (Å²) in [7, 11) is 0. The van der Waals surface area contributed by atoms with Crippen molar-refractivity contribution in [2.75, 3.05) is 5.32 Å². The van der Waals surface area contributed by atoms with Crippen LogP contribution in [0.15, 0.2) is 23.6 Å². The highest BCUT2D eigenvalue weighted by Gasteiger charge is 2.32. The van der Waals surface area contributed by atoms with Gasteiger partial charge in [-0.15, -0.1) is 11.3 Å². The van der Waals surface area contributed by atoms with Crippen molar-refractivity contribution in [3.63, 3.8) is 0 Å². The molecule has 0 saturated carbocycles. The number of alkyl halides is 3. The largest absolute Gasteiger partial charge is 0.416 e. The summed E-state index contributed by atoms with van der Waals surface area (Å²) in [5, 5.41) is 5.22. The van der Waals surface area contributed by atoms with E-state index in [1.165, 1.54) is 30.4 Å². The quantitative estimate of drug-likeness (QED) is 0.869. The topological polar surface area (TPSA) is 42.0 Å². The highest BCUT2D eigenvalue weighted by Crippen LogP contribution is 2.33. The van der Waals surface area contributed by atoms with Gasteiger partial charge in [-0.3, -0.25) is 4.79 Å². The van der Waals surface area contributed by atoms with Crippen molar-refractivity contribution >= 4 is 22.9 Å². The summed E-state index contributed by atoms with van der Waals surface area (Å²) in [5.74, 6) is -0.106. The molecule has 0 radical (unpaired) electrons. The minimum atomic E-state index is -4.44. The maximum Gasteiger partial charge on any atom is 0.416 e. The van der Waals surface area contributed by atoms with E-state index in [-0.39, 0.29) is 29.5 Å². The van der Waals surface area contributed by atoms with Gasteiger partial charge in [0.1, 0.15) is 0 Å². The summed E-state index contributed by atoms with van der Waals surface area (Å²) in [4.78, 5) is 16.3. The fourth-order valence-corrected chi connectivity index (χ4v) is 2.88. The minimum Gasteiger partial charge on any atom is -0.326 e. The molecule has 124 valence electrons. The van der Waals surface area contributed by atoms with Gasteiger partial charge in [-0.2, -0.15) is 13.2 Å². The van der Waals surface area contributed by atoms with E-state index in [1.54, 1.807) is 5.38 Å². The third-order valence-corrected chi connectivity index (χ3v) is 4.43. The van der Waals surface area contributed by atoms with Crippen LogP contribution in [0.3, 0.4) is 0 Å². The summed E-state index contributed by atoms with van der Waals surface area (Å²) in [6, 6.07) is 3.76. The van der Waals surface area contributed by atoms with Crippen LogP contribution in [0.4, 0.5) is 18.9 Å². The van der Waals surface area contributed by atoms with E-state index in [2.05, 4.69) is 10.3 Å². The molecule has 1 aromatic carbocycles. The molecule has 0 unspecified atom stereocenters. The maximum absolute atomic E-state index is 12.9. The van der Waals surface area contributed by atoms with Crippen LogP contribution in [-0.2, 0) is 17.4 Å². The number of carbonyl (C=O) groups is 1. The number of amides is 1. The Labute approximate surface area is 136 Å². The van der Waals surface area contributed by atoms with Gasteiger partial charge in [0.15, 0.2) is 0 Å². The van der Waals surface area contributed by atoms with Gasteiger partial charge in [0.25, 0.3) is 0 Å². The molecule has 1 aromatic heterocycles. The number of aryl methyl sites for hydroxylation is 1. The molecule has 2 rings (SSSR count). The molecule has 1 N–H and O–H groups in total. The number of hydrogen-bond acceptors (Lipinski definition) is 3. The van der Waals surface area contributed by atoms with Crippen molar-refractivity contribution < 1.29 is 18.0 Å². The molecule has 1 heterocycles. The third-order valence-electron chi connectivity index (χ3n) is 3.23. The lowest BCUT2D eigenvalue weighted by Crippen LogP contribution is -2.16. The molecule has 0 aliphatic heterocycles. The summed E-state index contributed by atoms with van der Waals surface area (Å²) in [6.45, 7) is 5.40. The zero-order valence-electron chi connectivity index (χ0n) is 13.0. The maximum atomic E-state index is 12.9. The second kappa shape index (κ2) is 6.70. The van der Waals surface area contributed by atoms with Crippen molar-refractivity contribution in [2.45, 2.75) is 39.3 Å². The minimum absolute atomic E-state index is 0.0401. The molecular formula is C16H17F3N2OS. The number of aromatic nitrogens is 1. The number of rotatable bonds is 4. The molecule has 0 aliphatic carbocycles. The standard InChI is InChI=1S/C16H17F3N2OS/c1-9(2)15-21-12(8-23-15)7-14(22)20-11-5-4-10(3)13(6-11)16(17,18)19/h4-6,8-9H,7H2,1-3H3,(H,20,22). The van der Waals surface area contributed by atoms with E-state index in [4.69, 9.17) is 0 Å². The number of nitrogens with zero attached hydrogens (tertiary/aromatic N) is 1. The number of nitrogens with one attached hydrogen (secondary N) is 1. The Hall–Kier alpha value is -1.89. The monoisotopic (exact) mass is 342 g/mol. The van der Waals surface area contributed by atoms with E-state index >= 15 is 0 Å². The number of thiazole rings is 1. The van der Waals surface area contributed by atoms with Crippen molar-refractivity contribution in [1.82, 2.24) is 4.98 Å². The summed E-state index contributed by atoms with van der Waals surface area (Å²) in [6.07, 6.45) is -4.40. The van der Waals surface area contributed by atoms with Crippen LogP contribution in [0.1, 0.15) is 41.6 Å². The van der Waals surface area contributed by atoms with E-state index in [0.29, 0.717) is 5.69 Å². The molecule has 0 spiro atoms. The van der Waals surface area contributed by atoms with E-state index in [1.807, 2.05) is 13.8 Å². The van der Waals surface area contributed by atoms with Crippen molar-refractivity contribution in [3.05, 3.63) is 45.4 Å². The van der Waals surface area contributed by atoms with Crippen LogP contribution in [-0.4, -0.2) is 10.9 Å². The van der Waals surface area contributed by atoms with Gasteiger partial charge in [-0.1, -0.05) is 19.9 Å². The van der Waals surface area contributed by atoms with Crippen molar-refractivity contribution in [2.24, 2.45) is 0 Å². The zero-order chi connectivity index (χ0) is 17.2. The fraction of sp³-hybridized carbons (Fsp3) is 0.375. The van der Waals surface area contributed by atoms with Gasteiger partial charge in [-0.05, 0) is 24.6 Å². The molecule has 0 saturated heterocycles. The van der Waals surface area contributed by atoms with Crippen molar-refractivity contribution in [3.8, 4) is 0 Å². The summed E-state index contributed by atoms with van der Waals surface area (Å²) in [5.41, 5.74) is 0.134. The lowest BCUT2D eigenvalue weighted by Gasteiger charge is -2.12. The fourth-order valence-electron chi connectivity index (χ4n) is 2.04. The number of anilines is 1. The molecule has 0 fully saturated rings. The van der Waals surface area contributed by atoms with Crippen LogP contribution in [0.2, 0.25) is 0 Å². The molecule has 3 nitrogen and oxygen atoms in total. The van der Waals surface area contributed by atoms with Crippen molar-refractivity contribution in [1.29, 1.82) is 0 Å². The first-order valence-electron chi connectivity index (χ1n) is 7.09. The first kappa shape index (κ1) is 17.5. The summed E-state index contributed by atoms with van der Waals surface area (Å²) >= 11 is 1.47. The first-order chi connectivity index (χ1) is 10.7. The number of benzene rings is 1. The average molecular weight is 342 g/mol. The zero-order valence-corrected chi connectivity index (χ0v) is 13.8. The summed E-state index contributed by atoms with van der Waals surface area (Å²) < 4.78 is 38.6. The molecule has 1 amide bonds. The van der Waals surface area contributed by atoms with Gasteiger partial charge in [0, 0.05) is 17.0 Å². The molecule has 0 aliphatic rings. The smallest absolute Gasteiger partial charge is 0.326 e. The normalized spacial score (nSPS) is 11.8. The number of halogens is 3. The predicted molar refractivity (Wildman–Crippen MR) is 84.7 cm³/mol. The Morgan fingerprint density at radius 2 is 2.04 bits per heavy atom. The lowest BCUT2D eigenvalue weighted by atomic mass is 10.1. The van der Waals surface area contributed by atoms with E-state index < -0.39 is 11.7 Å². The number of carbonyl (C=O) groups excluding carboxylic acids is 1. The number of hydrogen-bond donors (Lipinski definition) is 1. The lowest BCUT2D eigenvalue weighted by molar-refractivity contribution is -0.138. The second-order valence-corrected chi connectivity index (χ2v) is 6.47. The van der Waals surface area contributed by atoms with E-state index in [9.17, 15) is 18.0 Å². The molecular weight excluding hydrogens is 325 g/mol. The van der Waals surface area contributed by atoms with Gasteiger partial charge >= 0.3 is 6.18 Å². The Kier molecular flexibility index (Phi) is 5.09. The van der Waals surface area contributed by atoms with Crippen LogP contribution in [0, 0.1) is 6.92 Å².